The van der Waals surface area contributed by atoms with Crippen molar-refractivity contribution in [2.24, 2.45) is 0 Å². The van der Waals surface area contributed by atoms with Gasteiger partial charge in [0.15, 0.2) is 0 Å². The van der Waals surface area contributed by atoms with Crippen molar-refractivity contribution in [2.75, 3.05) is 0 Å². The summed E-state index contributed by atoms with van der Waals surface area (Å²) >= 11 is 4.98. The monoisotopic (exact) mass is 274 g/mol. The highest BCUT2D eigenvalue weighted by Crippen LogP contribution is 2.36. The van der Waals surface area contributed by atoms with Crippen LogP contribution < -0.4 is 4.74 Å². The van der Waals surface area contributed by atoms with Gasteiger partial charge in [-0.2, -0.15) is 0 Å². The van der Waals surface area contributed by atoms with Gasteiger partial charge in [0.2, 0.25) is 0 Å². The van der Waals surface area contributed by atoms with E-state index in [9.17, 15) is 26.7 Å². The largest absolute Gasteiger partial charge is 0.573 e. The maximum atomic E-state index is 12.4. The topological polar surface area (TPSA) is 26.3 Å². The fourth-order valence-corrected chi connectivity index (χ4v) is 1.26. The summed E-state index contributed by atoms with van der Waals surface area (Å²) in [7, 11) is 0. The fourth-order valence-electron chi connectivity index (χ4n) is 1.11. The Labute approximate surface area is 96.9 Å². The van der Waals surface area contributed by atoms with Gasteiger partial charge in [-0.15, -0.1) is 13.2 Å². The van der Waals surface area contributed by atoms with Crippen LogP contribution in [0.25, 0.3) is 0 Å². The van der Waals surface area contributed by atoms with Crippen LogP contribution in [0.2, 0.25) is 0 Å². The zero-order valence-corrected chi connectivity index (χ0v) is 8.65. The maximum Gasteiger partial charge on any atom is 0.573 e. The molecule has 0 spiro atoms. The Kier molecular flexibility index (Phi) is 3.92. The van der Waals surface area contributed by atoms with Crippen molar-refractivity contribution in [1.29, 1.82) is 0 Å². The van der Waals surface area contributed by atoms with Crippen molar-refractivity contribution < 1.29 is 31.5 Å². The molecule has 8 heteroatoms. The second-order valence-electron chi connectivity index (χ2n) is 2.85. The predicted octanol–water partition coefficient (Wildman–Crippen LogP) is 3.90. The molecule has 0 radical (unpaired) electrons. The molecule has 2 nitrogen and oxygen atoms in total. The minimum Gasteiger partial charge on any atom is -0.404 e. The second kappa shape index (κ2) is 4.87. The first-order valence-electron chi connectivity index (χ1n) is 4.09. The maximum absolute atomic E-state index is 12.4. The molecule has 0 unspecified atom stereocenters. The zero-order chi connectivity index (χ0) is 13.2. The van der Waals surface area contributed by atoms with Crippen molar-refractivity contribution in [2.45, 2.75) is 12.8 Å². The first-order chi connectivity index (χ1) is 7.72. The van der Waals surface area contributed by atoms with E-state index < -0.39 is 34.9 Å². The SMILES string of the molecule is O=C(Cl)c1cccc(C(F)F)c1OC(F)(F)F. The summed E-state index contributed by atoms with van der Waals surface area (Å²) < 4.78 is 64.3. The molecule has 1 aromatic carbocycles. The van der Waals surface area contributed by atoms with Gasteiger partial charge in [-0.1, -0.05) is 6.07 Å². The molecule has 1 aromatic rings. The smallest absolute Gasteiger partial charge is 0.404 e. The molecule has 0 heterocycles. The summed E-state index contributed by atoms with van der Waals surface area (Å²) in [6.45, 7) is 0. The molecule has 0 aliphatic carbocycles. The lowest BCUT2D eigenvalue weighted by molar-refractivity contribution is -0.275. The minimum absolute atomic E-state index is 0.717. The number of carbonyl (C=O) groups is 1. The Morgan fingerprint density at radius 1 is 1.29 bits per heavy atom. The Morgan fingerprint density at radius 2 is 1.88 bits per heavy atom. The molecule has 0 atom stereocenters. The van der Waals surface area contributed by atoms with Crippen molar-refractivity contribution in [1.82, 2.24) is 0 Å². The Bertz CT molecular complexity index is 430. The van der Waals surface area contributed by atoms with Gasteiger partial charge >= 0.3 is 6.36 Å². The van der Waals surface area contributed by atoms with E-state index in [2.05, 4.69) is 4.74 Å². The minimum atomic E-state index is -5.19. The number of carbonyl (C=O) groups excluding carboxylic acids is 1. The lowest BCUT2D eigenvalue weighted by atomic mass is 10.1. The van der Waals surface area contributed by atoms with E-state index in [0.717, 1.165) is 18.2 Å². The van der Waals surface area contributed by atoms with E-state index in [4.69, 9.17) is 11.6 Å². The molecule has 0 aliphatic heterocycles. The summed E-state index contributed by atoms with van der Waals surface area (Å²) in [6, 6.07) is 2.57. The van der Waals surface area contributed by atoms with E-state index in [1.54, 1.807) is 0 Å². The van der Waals surface area contributed by atoms with Crippen LogP contribution in [0.1, 0.15) is 22.3 Å². The van der Waals surface area contributed by atoms with E-state index in [-0.39, 0.29) is 0 Å². The van der Waals surface area contributed by atoms with Gasteiger partial charge in [-0.05, 0) is 23.7 Å². The molecule has 1 rings (SSSR count). The highest BCUT2D eigenvalue weighted by atomic mass is 35.5. The number of ether oxygens (including phenoxy) is 1. The Balaban J connectivity index is 3.34. The zero-order valence-electron chi connectivity index (χ0n) is 7.89. The second-order valence-corrected chi connectivity index (χ2v) is 3.19. The fraction of sp³-hybridized carbons (Fsp3) is 0.222. The normalized spacial score (nSPS) is 11.7. The van der Waals surface area contributed by atoms with Gasteiger partial charge in [0, 0.05) is 0 Å². The van der Waals surface area contributed by atoms with E-state index in [1.807, 2.05) is 0 Å². The molecule has 94 valence electrons. The third kappa shape index (κ3) is 3.55. The molecule has 0 bridgehead atoms. The molecule has 0 aromatic heterocycles. The molecule has 0 saturated heterocycles. The quantitative estimate of drug-likeness (QED) is 0.617. The Hall–Kier alpha value is -1.37. The molecule has 17 heavy (non-hydrogen) atoms. The van der Waals surface area contributed by atoms with E-state index in [1.165, 1.54) is 0 Å². The number of benzene rings is 1. The number of rotatable bonds is 3. The molecule has 0 saturated carbocycles. The van der Waals surface area contributed by atoms with Gasteiger partial charge in [-0.25, -0.2) is 8.78 Å². The third-order valence-electron chi connectivity index (χ3n) is 1.71. The van der Waals surface area contributed by atoms with Crippen molar-refractivity contribution >= 4 is 16.8 Å². The predicted molar refractivity (Wildman–Crippen MR) is 48.3 cm³/mol. The lowest BCUT2D eigenvalue weighted by Gasteiger charge is -2.14. The van der Waals surface area contributed by atoms with Crippen LogP contribution in [-0.4, -0.2) is 11.6 Å². The van der Waals surface area contributed by atoms with Crippen LogP contribution in [0.5, 0.6) is 5.75 Å². The molecule has 0 N–H and O–H groups in total. The van der Waals surface area contributed by atoms with Crippen LogP contribution >= 0.6 is 11.6 Å². The van der Waals surface area contributed by atoms with Gasteiger partial charge in [-0.3, -0.25) is 4.79 Å². The van der Waals surface area contributed by atoms with Crippen LogP contribution in [0, 0.1) is 0 Å². The van der Waals surface area contributed by atoms with Gasteiger partial charge < -0.3 is 4.74 Å². The van der Waals surface area contributed by atoms with E-state index >= 15 is 0 Å². The van der Waals surface area contributed by atoms with Crippen LogP contribution in [0.3, 0.4) is 0 Å². The molecular formula is C9H4ClF5O2. The number of alkyl halides is 5. The summed E-state index contributed by atoms with van der Waals surface area (Å²) in [4.78, 5) is 10.8. The lowest BCUT2D eigenvalue weighted by Crippen LogP contribution is -2.19. The summed E-state index contributed by atoms with van der Waals surface area (Å²) in [5.74, 6) is -1.27. The standard InChI is InChI=1S/C9H4ClF5O2/c10-7(16)4-2-1-3-5(8(11)12)6(4)17-9(13,14)15/h1-3,8H. The molecule has 0 fully saturated rings. The summed E-state index contributed by atoms with van der Waals surface area (Å²) in [6.07, 6.45) is -8.41. The van der Waals surface area contributed by atoms with E-state index in [0.29, 0.717) is 0 Å². The third-order valence-corrected chi connectivity index (χ3v) is 1.91. The van der Waals surface area contributed by atoms with Gasteiger partial charge in [0.1, 0.15) is 5.75 Å². The van der Waals surface area contributed by atoms with Crippen LogP contribution in [0.4, 0.5) is 22.0 Å². The van der Waals surface area contributed by atoms with Crippen molar-refractivity contribution in [3.8, 4) is 5.75 Å². The van der Waals surface area contributed by atoms with Crippen LogP contribution in [0.15, 0.2) is 18.2 Å². The highest BCUT2D eigenvalue weighted by molar-refractivity contribution is 6.68. The number of hydrogen-bond acceptors (Lipinski definition) is 2. The summed E-state index contributed by atoms with van der Waals surface area (Å²) in [5, 5.41) is -1.31. The van der Waals surface area contributed by atoms with Gasteiger partial charge in [0.05, 0.1) is 11.1 Å². The first kappa shape index (κ1) is 13.7. The van der Waals surface area contributed by atoms with Gasteiger partial charge in [0.25, 0.3) is 11.7 Å². The molecule has 0 amide bonds. The number of halogens is 6. The van der Waals surface area contributed by atoms with Crippen molar-refractivity contribution in [3.63, 3.8) is 0 Å². The Morgan fingerprint density at radius 3 is 2.29 bits per heavy atom. The summed E-state index contributed by atoms with van der Waals surface area (Å²) in [5.41, 5.74) is -1.81. The molecular weight excluding hydrogens is 271 g/mol. The van der Waals surface area contributed by atoms with Crippen molar-refractivity contribution in [3.05, 3.63) is 29.3 Å². The first-order valence-corrected chi connectivity index (χ1v) is 4.47. The number of para-hydroxylation sites is 1. The average Bonchev–Trinajstić information content (AvgIpc) is 2.14. The highest BCUT2D eigenvalue weighted by Gasteiger charge is 2.35. The average molecular weight is 275 g/mol. The van der Waals surface area contributed by atoms with Crippen LogP contribution in [-0.2, 0) is 0 Å². The number of hydrogen-bond donors (Lipinski definition) is 0. The molecule has 0 aliphatic rings.